The minimum atomic E-state index is 0. The fourth-order valence-electron chi connectivity index (χ4n) is 5.05. The first-order chi connectivity index (χ1) is 13.6. The Labute approximate surface area is 192 Å². The third-order valence-corrected chi connectivity index (χ3v) is 6.69. The van der Waals surface area contributed by atoms with Gasteiger partial charge in [-0.15, -0.1) is 24.0 Å². The first kappa shape index (κ1) is 22.6. The van der Waals surface area contributed by atoms with E-state index in [2.05, 4.69) is 34.0 Å². The monoisotopic (exact) mass is 514 g/mol. The van der Waals surface area contributed by atoms with Gasteiger partial charge in [0.1, 0.15) is 12.4 Å². The van der Waals surface area contributed by atoms with E-state index in [9.17, 15) is 0 Å². The minimum Gasteiger partial charge on any atom is -0.492 e. The lowest BCUT2D eigenvalue weighted by Crippen LogP contribution is -2.68. The molecule has 0 radical (unpaired) electrons. The van der Waals surface area contributed by atoms with Gasteiger partial charge in [-0.25, -0.2) is 0 Å². The number of halogens is 1. The Kier molecular flexibility index (Phi) is 7.67. The lowest BCUT2D eigenvalue weighted by molar-refractivity contribution is -0.107. The summed E-state index contributed by atoms with van der Waals surface area (Å²) in [6.07, 6.45) is 1.57. The number of nitrogens with one attached hydrogen (secondary N) is 1. The minimum absolute atomic E-state index is 0. The van der Waals surface area contributed by atoms with Crippen LogP contribution in [0, 0.1) is 11.3 Å². The van der Waals surface area contributed by atoms with Gasteiger partial charge in [0.25, 0.3) is 0 Å². The molecular weight excluding hydrogens is 479 g/mol. The van der Waals surface area contributed by atoms with Gasteiger partial charge in [-0.05, 0) is 18.6 Å². The molecule has 2 saturated heterocycles. The number of fused-ring (bicyclic) bond motifs is 1. The predicted molar refractivity (Wildman–Crippen MR) is 127 cm³/mol. The van der Waals surface area contributed by atoms with Gasteiger partial charge < -0.3 is 19.7 Å². The fourth-order valence-corrected chi connectivity index (χ4v) is 5.05. The van der Waals surface area contributed by atoms with Crippen molar-refractivity contribution in [3.05, 3.63) is 30.3 Å². The highest BCUT2D eigenvalue weighted by molar-refractivity contribution is 14.0. The molecule has 29 heavy (non-hydrogen) atoms. The number of nitrogens with zero attached hydrogens (tertiary/aromatic N) is 3. The van der Waals surface area contributed by atoms with Crippen LogP contribution in [0.4, 0.5) is 0 Å². The molecule has 2 aliphatic heterocycles. The summed E-state index contributed by atoms with van der Waals surface area (Å²) in [5.74, 6) is 2.62. The summed E-state index contributed by atoms with van der Waals surface area (Å²) in [6, 6.07) is 10.5. The van der Waals surface area contributed by atoms with Gasteiger partial charge in [0, 0.05) is 63.8 Å². The normalized spacial score (nSPS) is 28.9. The summed E-state index contributed by atoms with van der Waals surface area (Å²) in [7, 11) is 1.90. The Morgan fingerprint density at radius 3 is 2.62 bits per heavy atom. The molecule has 1 aromatic carbocycles. The van der Waals surface area contributed by atoms with Crippen molar-refractivity contribution < 1.29 is 9.47 Å². The molecule has 3 fully saturated rings. The van der Waals surface area contributed by atoms with Crippen molar-refractivity contribution in [2.45, 2.75) is 32.4 Å². The molecule has 3 unspecified atom stereocenters. The largest absolute Gasteiger partial charge is 0.492 e. The summed E-state index contributed by atoms with van der Waals surface area (Å²) in [5, 5.41) is 3.77. The van der Waals surface area contributed by atoms with Crippen molar-refractivity contribution in [3.8, 4) is 5.75 Å². The molecule has 6 nitrogen and oxygen atoms in total. The summed E-state index contributed by atoms with van der Waals surface area (Å²) in [4.78, 5) is 9.46. The van der Waals surface area contributed by atoms with Gasteiger partial charge in [0.2, 0.25) is 0 Å². The number of ether oxygens (including phenoxy) is 2. The highest BCUT2D eigenvalue weighted by Gasteiger charge is 2.59. The van der Waals surface area contributed by atoms with E-state index < -0.39 is 0 Å². The van der Waals surface area contributed by atoms with Gasteiger partial charge in [-0.1, -0.05) is 32.0 Å². The number of hydrogen-bond acceptors (Lipinski definition) is 4. The number of piperazine rings is 1. The average molecular weight is 514 g/mol. The number of para-hydroxylation sites is 1. The molecule has 162 valence electrons. The second-order valence-electron chi connectivity index (χ2n) is 8.72. The SMILES string of the molecule is CN=C(NC1C2CCOC2C1(C)C)N1CCN(CCOc2ccccc2)CC1.I. The summed E-state index contributed by atoms with van der Waals surface area (Å²) in [6.45, 7) is 11.3. The van der Waals surface area contributed by atoms with Crippen molar-refractivity contribution in [2.75, 3.05) is 53.0 Å². The Bertz CT molecular complexity index is 677. The Hall–Kier alpha value is -1.06. The van der Waals surface area contributed by atoms with Crippen LogP contribution in [0.15, 0.2) is 35.3 Å². The van der Waals surface area contributed by atoms with Crippen LogP contribution in [0.5, 0.6) is 5.75 Å². The maximum atomic E-state index is 5.93. The average Bonchev–Trinajstić information content (AvgIpc) is 3.17. The van der Waals surface area contributed by atoms with Crippen LogP contribution in [0.2, 0.25) is 0 Å². The summed E-state index contributed by atoms with van der Waals surface area (Å²) >= 11 is 0. The van der Waals surface area contributed by atoms with Crippen molar-refractivity contribution >= 4 is 29.9 Å². The first-order valence-electron chi connectivity index (χ1n) is 10.6. The van der Waals surface area contributed by atoms with Crippen LogP contribution < -0.4 is 10.1 Å². The molecule has 1 saturated carbocycles. The van der Waals surface area contributed by atoms with E-state index in [-0.39, 0.29) is 29.4 Å². The molecule has 1 aromatic rings. The third kappa shape index (κ3) is 4.82. The van der Waals surface area contributed by atoms with Crippen LogP contribution >= 0.6 is 24.0 Å². The zero-order valence-corrected chi connectivity index (χ0v) is 20.2. The van der Waals surface area contributed by atoms with E-state index in [0.717, 1.165) is 64.1 Å². The van der Waals surface area contributed by atoms with Crippen LogP contribution in [-0.4, -0.2) is 80.9 Å². The molecule has 4 rings (SSSR count). The Morgan fingerprint density at radius 2 is 1.93 bits per heavy atom. The topological polar surface area (TPSA) is 49.3 Å². The predicted octanol–water partition coefficient (Wildman–Crippen LogP) is 2.69. The van der Waals surface area contributed by atoms with Gasteiger partial charge in [0.05, 0.1) is 6.10 Å². The second kappa shape index (κ2) is 9.83. The standard InChI is InChI=1S/C22H34N4O2.HI/c1-22(2)19(18-9-15-28-20(18)22)24-21(23-3)26-12-10-25(11-13-26)14-16-27-17-7-5-4-6-8-17;/h4-8,18-20H,9-16H2,1-3H3,(H,23,24);1H. The maximum Gasteiger partial charge on any atom is 0.193 e. The molecule has 3 atom stereocenters. The quantitative estimate of drug-likeness (QED) is 0.372. The van der Waals surface area contributed by atoms with E-state index in [1.54, 1.807) is 0 Å². The Morgan fingerprint density at radius 1 is 1.21 bits per heavy atom. The van der Waals surface area contributed by atoms with Gasteiger partial charge in [-0.2, -0.15) is 0 Å². The number of guanidine groups is 1. The van der Waals surface area contributed by atoms with Crippen molar-refractivity contribution in [1.82, 2.24) is 15.1 Å². The summed E-state index contributed by atoms with van der Waals surface area (Å²) in [5.41, 5.74) is 0.174. The highest BCUT2D eigenvalue weighted by Crippen LogP contribution is 2.52. The number of hydrogen-bond donors (Lipinski definition) is 1. The van der Waals surface area contributed by atoms with Crippen LogP contribution in [0.25, 0.3) is 0 Å². The van der Waals surface area contributed by atoms with Gasteiger partial charge >= 0.3 is 0 Å². The van der Waals surface area contributed by atoms with E-state index in [4.69, 9.17) is 9.47 Å². The number of aliphatic imine (C=N–C) groups is 1. The van der Waals surface area contributed by atoms with Gasteiger partial charge in [0.15, 0.2) is 5.96 Å². The lowest BCUT2D eigenvalue weighted by atomic mass is 9.57. The molecule has 1 aliphatic carbocycles. The molecular formula is C22H35IN4O2. The molecule has 7 heteroatoms. The molecule has 2 heterocycles. The van der Waals surface area contributed by atoms with Crippen molar-refractivity contribution in [1.29, 1.82) is 0 Å². The van der Waals surface area contributed by atoms with Crippen molar-refractivity contribution in [3.63, 3.8) is 0 Å². The van der Waals surface area contributed by atoms with E-state index in [1.807, 2.05) is 37.4 Å². The van der Waals surface area contributed by atoms with E-state index in [0.29, 0.717) is 18.1 Å². The van der Waals surface area contributed by atoms with Crippen LogP contribution in [0.1, 0.15) is 20.3 Å². The molecule has 0 spiro atoms. The smallest absolute Gasteiger partial charge is 0.193 e. The Balaban J connectivity index is 0.00000240. The highest BCUT2D eigenvalue weighted by atomic mass is 127. The summed E-state index contributed by atoms with van der Waals surface area (Å²) < 4.78 is 11.8. The third-order valence-electron chi connectivity index (χ3n) is 6.69. The van der Waals surface area contributed by atoms with Crippen LogP contribution in [-0.2, 0) is 4.74 Å². The fraction of sp³-hybridized carbons (Fsp3) is 0.682. The van der Waals surface area contributed by atoms with E-state index >= 15 is 0 Å². The van der Waals surface area contributed by atoms with Crippen LogP contribution in [0.3, 0.4) is 0 Å². The van der Waals surface area contributed by atoms with Gasteiger partial charge in [-0.3, -0.25) is 9.89 Å². The lowest BCUT2D eigenvalue weighted by Gasteiger charge is -2.55. The molecule has 0 amide bonds. The van der Waals surface area contributed by atoms with E-state index in [1.165, 1.54) is 0 Å². The first-order valence-corrected chi connectivity index (χ1v) is 10.6. The number of benzene rings is 1. The van der Waals surface area contributed by atoms with Crippen molar-refractivity contribution in [2.24, 2.45) is 16.3 Å². The zero-order valence-electron chi connectivity index (χ0n) is 17.8. The molecule has 1 N–H and O–H groups in total. The number of rotatable bonds is 5. The second-order valence-corrected chi connectivity index (χ2v) is 8.72. The molecule has 0 bridgehead atoms. The zero-order chi connectivity index (χ0) is 19.6. The maximum absolute atomic E-state index is 5.93. The molecule has 3 aliphatic rings. The molecule has 0 aromatic heterocycles.